The predicted octanol–water partition coefficient (Wildman–Crippen LogP) is 13.1. The van der Waals surface area contributed by atoms with E-state index in [1.54, 1.807) is 0 Å². The molecule has 4 heterocycles. The topological polar surface area (TPSA) is 40.6 Å². The van der Waals surface area contributed by atoms with E-state index in [-0.39, 0.29) is 0 Å². The molecule has 4 aromatic heterocycles. The molecule has 0 N–H and O–H groups in total. The molecular formula is C52H33N5. The molecule has 0 unspecified atom stereocenters. The monoisotopic (exact) mass is 727 g/mol. The van der Waals surface area contributed by atoms with E-state index in [0.717, 1.165) is 66.6 Å². The summed E-state index contributed by atoms with van der Waals surface area (Å²) < 4.78 is 6.89. The standard InChI is InChI=1S/C52H33N5/c1-3-15-34(16-4-1)35-27-30-38(31-28-35)55-44-23-11-9-21-41(44)43-33-36(29-32-48(43)55)50-49-42-22-10-14-26-47(42)56(37-17-5-2-6-18-37)51(49)54-52(53-50)57-45-24-12-7-19-39(45)40-20-8-13-25-46(40)57/h1-33H. The molecule has 0 aliphatic rings. The normalized spacial score (nSPS) is 11.9. The van der Waals surface area contributed by atoms with E-state index in [4.69, 9.17) is 9.97 Å². The summed E-state index contributed by atoms with van der Waals surface area (Å²) in [7, 11) is 0. The van der Waals surface area contributed by atoms with Crippen molar-refractivity contribution in [3.05, 3.63) is 200 Å². The average Bonchev–Trinajstić information content (AvgIpc) is 3.92. The minimum atomic E-state index is 0.635. The fourth-order valence-electron chi connectivity index (χ4n) is 8.96. The molecule has 0 spiro atoms. The van der Waals surface area contributed by atoms with Crippen LogP contribution in [-0.2, 0) is 0 Å². The minimum absolute atomic E-state index is 0.635. The van der Waals surface area contributed by atoms with Crippen LogP contribution in [0.15, 0.2) is 200 Å². The molecule has 0 fully saturated rings. The summed E-state index contributed by atoms with van der Waals surface area (Å²) in [6, 6.07) is 71.3. The third kappa shape index (κ3) is 4.76. The van der Waals surface area contributed by atoms with Crippen LogP contribution in [0.5, 0.6) is 0 Å². The highest BCUT2D eigenvalue weighted by Crippen LogP contribution is 2.41. The Hall–Kier alpha value is -7.76. The molecule has 57 heavy (non-hydrogen) atoms. The van der Waals surface area contributed by atoms with E-state index in [9.17, 15) is 0 Å². The lowest BCUT2D eigenvalue weighted by atomic mass is 10.0. The molecule has 266 valence electrons. The van der Waals surface area contributed by atoms with Crippen molar-refractivity contribution in [2.75, 3.05) is 0 Å². The molecular weight excluding hydrogens is 695 g/mol. The zero-order valence-corrected chi connectivity index (χ0v) is 30.8. The fraction of sp³-hybridized carbons (Fsp3) is 0. The Labute approximate surface area is 328 Å². The van der Waals surface area contributed by atoms with Gasteiger partial charge in [-0.3, -0.25) is 9.13 Å². The first kappa shape index (κ1) is 31.6. The summed E-state index contributed by atoms with van der Waals surface area (Å²) in [5.41, 5.74) is 12.9. The van der Waals surface area contributed by atoms with E-state index < -0.39 is 0 Å². The maximum absolute atomic E-state index is 5.59. The second kappa shape index (κ2) is 12.4. The molecule has 0 amide bonds. The van der Waals surface area contributed by atoms with Crippen LogP contribution in [0.4, 0.5) is 0 Å². The smallest absolute Gasteiger partial charge is 0.237 e. The molecule has 0 radical (unpaired) electrons. The average molecular weight is 728 g/mol. The number of nitrogens with zero attached hydrogens (tertiary/aromatic N) is 5. The molecule has 0 saturated heterocycles. The number of hydrogen-bond acceptors (Lipinski definition) is 2. The first-order valence-corrected chi connectivity index (χ1v) is 19.3. The maximum Gasteiger partial charge on any atom is 0.237 e. The maximum atomic E-state index is 5.59. The van der Waals surface area contributed by atoms with E-state index in [1.807, 2.05) is 0 Å². The van der Waals surface area contributed by atoms with Gasteiger partial charge < -0.3 is 4.57 Å². The van der Waals surface area contributed by atoms with Crippen molar-refractivity contribution in [2.24, 2.45) is 0 Å². The molecule has 0 saturated carbocycles. The Morgan fingerprint density at radius 2 is 0.754 bits per heavy atom. The van der Waals surface area contributed by atoms with E-state index in [2.05, 4.69) is 214 Å². The Kier molecular flexibility index (Phi) is 6.86. The Morgan fingerprint density at radius 3 is 1.40 bits per heavy atom. The highest BCUT2D eigenvalue weighted by atomic mass is 15.2. The Bertz CT molecular complexity index is 3450. The number of rotatable bonds is 5. The first-order valence-electron chi connectivity index (χ1n) is 19.3. The molecule has 12 aromatic rings. The van der Waals surface area contributed by atoms with Crippen molar-refractivity contribution in [3.63, 3.8) is 0 Å². The SMILES string of the molecule is c1ccc(-c2ccc(-n3c4ccccc4c4cc(-c5nc(-n6c7ccccc7c7ccccc76)nc6c5c5ccccc5n6-c5ccccc5)ccc43)cc2)cc1. The van der Waals surface area contributed by atoms with Crippen molar-refractivity contribution in [1.29, 1.82) is 0 Å². The fourth-order valence-corrected chi connectivity index (χ4v) is 8.96. The van der Waals surface area contributed by atoms with Crippen LogP contribution in [0, 0.1) is 0 Å². The van der Waals surface area contributed by atoms with Crippen LogP contribution in [0.1, 0.15) is 0 Å². The summed E-state index contributed by atoms with van der Waals surface area (Å²) in [6.07, 6.45) is 0. The van der Waals surface area contributed by atoms with Gasteiger partial charge in [0, 0.05) is 43.9 Å². The van der Waals surface area contributed by atoms with Gasteiger partial charge in [0.15, 0.2) is 5.65 Å². The Balaban J connectivity index is 1.15. The minimum Gasteiger partial charge on any atom is -0.309 e. The zero-order chi connectivity index (χ0) is 37.5. The van der Waals surface area contributed by atoms with Gasteiger partial charge in [-0.2, -0.15) is 4.98 Å². The Morgan fingerprint density at radius 1 is 0.298 bits per heavy atom. The van der Waals surface area contributed by atoms with Gasteiger partial charge in [0.25, 0.3) is 0 Å². The molecule has 0 aliphatic carbocycles. The molecule has 0 bridgehead atoms. The van der Waals surface area contributed by atoms with Crippen molar-refractivity contribution >= 4 is 65.5 Å². The first-order chi connectivity index (χ1) is 28.3. The summed E-state index contributed by atoms with van der Waals surface area (Å²) in [5.74, 6) is 0.635. The van der Waals surface area contributed by atoms with Crippen LogP contribution >= 0.6 is 0 Å². The van der Waals surface area contributed by atoms with Crippen molar-refractivity contribution < 1.29 is 0 Å². The molecule has 0 aliphatic heterocycles. The van der Waals surface area contributed by atoms with Gasteiger partial charge in [0.05, 0.1) is 38.7 Å². The van der Waals surface area contributed by atoms with Crippen LogP contribution in [0.2, 0.25) is 0 Å². The van der Waals surface area contributed by atoms with Crippen LogP contribution < -0.4 is 0 Å². The lowest BCUT2D eigenvalue weighted by Gasteiger charge is -2.13. The summed E-state index contributed by atoms with van der Waals surface area (Å²) in [4.78, 5) is 11.1. The number of para-hydroxylation sites is 5. The van der Waals surface area contributed by atoms with E-state index in [1.165, 1.54) is 32.7 Å². The molecule has 8 aromatic carbocycles. The summed E-state index contributed by atoms with van der Waals surface area (Å²) in [5, 5.41) is 6.86. The van der Waals surface area contributed by atoms with Gasteiger partial charge in [0.2, 0.25) is 5.95 Å². The number of hydrogen-bond donors (Lipinski definition) is 0. The van der Waals surface area contributed by atoms with E-state index >= 15 is 0 Å². The summed E-state index contributed by atoms with van der Waals surface area (Å²) >= 11 is 0. The largest absolute Gasteiger partial charge is 0.309 e. The van der Waals surface area contributed by atoms with Gasteiger partial charge in [-0.25, -0.2) is 4.98 Å². The zero-order valence-electron chi connectivity index (χ0n) is 30.8. The molecule has 0 atom stereocenters. The second-order valence-electron chi connectivity index (χ2n) is 14.6. The third-order valence-corrected chi connectivity index (χ3v) is 11.5. The number of aromatic nitrogens is 5. The highest BCUT2D eigenvalue weighted by molar-refractivity contribution is 6.16. The van der Waals surface area contributed by atoms with Crippen molar-refractivity contribution in [2.45, 2.75) is 0 Å². The van der Waals surface area contributed by atoms with Gasteiger partial charge in [-0.1, -0.05) is 140 Å². The van der Waals surface area contributed by atoms with Gasteiger partial charge in [0.1, 0.15) is 0 Å². The van der Waals surface area contributed by atoms with Crippen LogP contribution in [0.3, 0.4) is 0 Å². The molecule has 12 rings (SSSR count). The molecule has 5 nitrogen and oxygen atoms in total. The van der Waals surface area contributed by atoms with Crippen molar-refractivity contribution in [3.8, 4) is 39.7 Å². The number of fused-ring (bicyclic) bond motifs is 9. The van der Waals surface area contributed by atoms with Crippen molar-refractivity contribution in [1.82, 2.24) is 23.7 Å². The highest BCUT2D eigenvalue weighted by Gasteiger charge is 2.23. The second-order valence-corrected chi connectivity index (χ2v) is 14.6. The predicted molar refractivity (Wildman–Crippen MR) is 236 cm³/mol. The third-order valence-electron chi connectivity index (χ3n) is 11.5. The van der Waals surface area contributed by atoms with Gasteiger partial charge in [-0.15, -0.1) is 0 Å². The van der Waals surface area contributed by atoms with E-state index in [0.29, 0.717) is 5.95 Å². The quantitative estimate of drug-likeness (QED) is 0.177. The van der Waals surface area contributed by atoms with Crippen LogP contribution in [-0.4, -0.2) is 23.7 Å². The summed E-state index contributed by atoms with van der Waals surface area (Å²) in [6.45, 7) is 0. The van der Waals surface area contributed by atoms with Gasteiger partial charge >= 0.3 is 0 Å². The molecule has 5 heteroatoms. The lowest BCUT2D eigenvalue weighted by Crippen LogP contribution is -2.05. The number of benzene rings is 8. The van der Waals surface area contributed by atoms with Gasteiger partial charge in [-0.05, 0) is 71.8 Å². The van der Waals surface area contributed by atoms with Crippen LogP contribution in [0.25, 0.3) is 105 Å². The lowest BCUT2D eigenvalue weighted by molar-refractivity contribution is 0.994.